The molecule has 1 amide bonds. The molecule has 0 saturated carbocycles. The standard InChI is InChI=1S/C12H12N4O2S/c1-7-13-12(19-15-7)14-8-3-4-10-9(5-8)16(2)11(17)6-18-10/h3-5H,6H2,1-2H3,(H,13,14,15). The topological polar surface area (TPSA) is 67.4 Å². The maximum Gasteiger partial charge on any atom is 0.264 e. The van der Waals surface area contributed by atoms with E-state index in [1.807, 2.05) is 25.1 Å². The lowest BCUT2D eigenvalue weighted by molar-refractivity contribution is -0.120. The van der Waals surface area contributed by atoms with E-state index in [4.69, 9.17) is 4.74 Å². The molecule has 2 aromatic rings. The third kappa shape index (κ3) is 2.24. The number of benzene rings is 1. The number of carbonyl (C=O) groups is 1. The summed E-state index contributed by atoms with van der Waals surface area (Å²) in [5.41, 5.74) is 1.60. The molecule has 1 aromatic carbocycles. The Labute approximate surface area is 114 Å². The second-order valence-corrected chi connectivity index (χ2v) is 4.95. The van der Waals surface area contributed by atoms with Crippen LogP contribution in [0.1, 0.15) is 5.82 Å². The summed E-state index contributed by atoms with van der Waals surface area (Å²) in [6, 6.07) is 5.59. The minimum Gasteiger partial charge on any atom is -0.482 e. The highest BCUT2D eigenvalue weighted by Crippen LogP contribution is 2.34. The van der Waals surface area contributed by atoms with Crippen molar-refractivity contribution in [2.45, 2.75) is 6.92 Å². The minimum atomic E-state index is -0.0589. The van der Waals surface area contributed by atoms with E-state index in [9.17, 15) is 4.79 Å². The van der Waals surface area contributed by atoms with Crippen LogP contribution in [0, 0.1) is 6.92 Å². The van der Waals surface area contributed by atoms with Crippen LogP contribution in [-0.4, -0.2) is 28.9 Å². The Morgan fingerprint density at radius 2 is 2.32 bits per heavy atom. The van der Waals surface area contributed by atoms with Gasteiger partial charge in [0.2, 0.25) is 5.13 Å². The van der Waals surface area contributed by atoms with Crippen LogP contribution in [0.15, 0.2) is 18.2 Å². The molecule has 0 spiro atoms. The number of hydrogen-bond donors (Lipinski definition) is 1. The van der Waals surface area contributed by atoms with Crippen LogP contribution < -0.4 is 15.0 Å². The first-order valence-electron chi connectivity index (χ1n) is 5.74. The van der Waals surface area contributed by atoms with E-state index in [1.165, 1.54) is 11.5 Å². The average molecular weight is 276 g/mol. The van der Waals surface area contributed by atoms with Gasteiger partial charge in [0.1, 0.15) is 11.6 Å². The van der Waals surface area contributed by atoms with Gasteiger partial charge in [-0.2, -0.15) is 4.37 Å². The number of carbonyl (C=O) groups excluding carboxylic acids is 1. The van der Waals surface area contributed by atoms with Gasteiger partial charge in [0.05, 0.1) is 5.69 Å². The van der Waals surface area contributed by atoms with Crippen molar-refractivity contribution in [1.82, 2.24) is 9.36 Å². The van der Waals surface area contributed by atoms with Crippen molar-refractivity contribution >= 4 is 33.9 Å². The molecule has 0 radical (unpaired) electrons. The molecule has 1 aliphatic heterocycles. The summed E-state index contributed by atoms with van der Waals surface area (Å²) in [7, 11) is 1.74. The van der Waals surface area contributed by atoms with Crippen molar-refractivity contribution in [3.63, 3.8) is 0 Å². The molecule has 0 saturated heterocycles. The lowest BCUT2D eigenvalue weighted by Gasteiger charge is -2.26. The Kier molecular flexibility index (Phi) is 2.83. The van der Waals surface area contributed by atoms with Gasteiger partial charge >= 0.3 is 0 Å². The van der Waals surface area contributed by atoms with Crippen LogP contribution in [0.5, 0.6) is 5.75 Å². The van der Waals surface area contributed by atoms with Gasteiger partial charge < -0.3 is 15.0 Å². The van der Waals surface area contributed by atoms with E-state index < -0.39 is 0 Å². The van der Waals surface area contributed by atoms with Crippen molar-refractivity contribution in [1.29, 1.82) is 0 Å². The second-order valence-electron chi connectivity index (χ2n) is 4.20. The molecular formula is C12H12N4O2S. The normalized spacial score (nSPS) is 14.0. The van der Waals surface area contributed by atoms with E-state index in [2.05, 4.69) is 14.7 Å². The Bertz CT molecular complexity index is 640. The van der Waals surface area contributed by atoms with Gasteiger partial charge in [0, 0.05) is 24.3 Å². The van der Waals surface area contributed by atoms with Crippen LogP contribution in [0.2, 0.25) is 0 Å². The SMILES string of the molecule is Cc1nsc(Nc2ccc3c(c2)N(C)C(=O)CO3)n1. The van der Waals surface area contributed by atoms with Gasteiger partial charge in [-0.3, -0.25) is 4.79 Å². The molecule has 0 bridgehead atoms. The molecule has 1 aliphatic rings. The zero-order valence-electron chi connectivity index (χ0n) is 10.5. The van der Waals surface area contributed by atoms with Crippen molar-refractivity contribution in [3.8, 4) is 5.75 Å². The first-order chi connectivity index (χ1) is 9.13. The van der Waals surface area contributed by atoms with Gasteiger partial charge in [-0.1, -0.05) is 0 Å². The molecule has 3 rings (SSSR count). The number of amides is 1. The molecule has 2 heterocycles. The molecule has 1 aromatic heterocycles. The highest BCUT2D eigenvalue weighted by atomic mass is 32.1. The highest BCUT2D eigenvalue weighted by Gasteiger charge is 2.22. The molecular weight excluding hydrogens is 264 g/mol. The second kappa shape index (κ2) is 4.51. The fourth-order valence-electron chi connectivity index (χ4n) is 1.82. The molecule has 0 unspecified atom stereocenters. The zero-order valence-corrected chi connectivity index (χ0v) is 11.3. The number of hydrogen-bond acceptors (Lipinski definition) is 6. The number of fused-ring (bicyclic) bond motifs is 1. The summed E-state index contributed by atoms with van der Waals surface area (Å²) >= 11 is 1.30. The first kappa shape index (κ1) is 11.9. The molecule has 98 valence electrons. The van der Waals surface area contributed by atoms with Crippen LogP contribution in [-0.2, 0) is 4.79 Å². The summed E-state index contributed by atoms with van der Waals surface area (Å²) in [4.78, 5) is 17.4. The van der Waals surface area contributed by atoms with E-state index in [0.29, 0.717) is 5.75 Å². The minimum absolute atomic E-state index is 0.0589. The molecule has 7 heteroatoms. The van der Waals surface area contributed by atoms with Gasteiger partial charge in [-0.05, 0) is 25.1 Å². The van der Waals surface area contributed by atoms with E-state index in [-0.39, 0.29) is 12.5 Å². The Morgan fingerprint density at radius 3 is 3.05 bits per heavy atom. The number of anilines is 3. The summed E-state index contributed by atoms with van der Waals surface area (Å²) in [6.07, 6.45) is 0. The molecule has 6 nitrogen and oxygen atoms in total. The molecule has 1 N–H and O–H groups in total. The fourth-order valence-corrected chi connectivity index (χ4v) is 2.42. The monoisotopic (exact) mass is 276 g/mol. The lowest BCUT2D eigenvalue weighted by Crippen LogP contribution is -2.35. The third-order valence-electron chi connectivity index (χ3n) is 2.82. The third-order valence-corrected chi connectivity index (χ3v) is 3.55. The van der Waals surface area contributed by atoms with Crippen molar-refractivity contribution < 1.29 is 9.53 Å². The molecule has 19 heavy (non-hydrogen) atoms. The first-order valence-corrected chi connectivity index (χ1v) is 6.51. The quantitative estimate of drug-likeness (QED) is 0.908. The predicted octanol–water partition coefficient (Wildman–Crippen LogP) is 1.95. The largest absolute Gasteiger partial charge is 0.482 e. The Morgan fingerprint density at radius 1 is 1.47 bits per heavy atom. The smallest absolute Gasteiger partial charge is 0.264 e. The fraction of sp³-hybridized carbons (Fsp3) is 0.250. The molecule has 0 fully saturated rings. The summed E-state index contributed by atoms with van der Waals surface area (Å²) in [5, 5.41) is 3.89. The molecule has 0 aliphatic carbocycles. The van der Waals surface area contributed by atoms with Crippen LogP contribution in [0.25, 0.3) is 0 Å². The van der Waals surface area contributed by atoms with Crippen molar-refractivity contribution in [3.05, 3.63) is 24.0 Å². The maximum atomic E-state index is 11.6. The van der Waals surface area contributed by atoms with E-state index in [1.54, 1.807) is 11.9 Å². The predicted molar refractivity (Wildman–Crippen MR) is 73.3 cm³/mol. The zero-order chi connectivity index (χ0) is 13.4. The summed E-state index contributed by atoms with van der Waals surface area (Å²) < 4.78 is 9.48. The average Bonchev–Trinajstić information content (AvgIpc) is 2.80. The van der Waals surface area contributed by atoms with Crippen LogP contribution >= 0.6 is 11.5 Å². The number of ether oxygens (including phenoxy) is 1. The van der Waals surface area contributed by atoms with Crippen molar-refractivity contribution in [2.24, 2.45) is 0 Å². The number of aromatic nitrogens is 2. The Hall–Kier alpha value is -2.15. The number of rotatable bonds is 2. The van der Waals surface area contributed by atoms with Crippen LogP contribution in [0.3, 0.4) is 0 Å². The van der Waals surface area contributed by atoms with Crippen LogP contribution in [0.4, 0.5) is 16.5 Å². The molecule has 0 atom stereocenters. The summed E-state index contributed by atoms with van der Waals surface area (Å²) in [6.45, 7) is 1.93. The number of nitrogens with one attached hydrogen (secondary N) is 1. The summed E-state index contributed by atoms with van der Waals surface area (Å²) in [5.74, 6) is 1.39. The van der Waals surface area contributed by atoms with Gasteiger partial charge in [-0.25, -0.2) is 4.98 Å². The number of nitrogens with zero attached hydrogens (tertiary/aromatic N) is 3. The van der Waals surface area contributed by atoms with Gasteiger partial charge in [-0.15, -0.1) is 0 Å². The van der Waals surface area contributed by atoms with Gasteiger partial charge in [0.25, 0.3) is 5.91 Å². The van der Waals surface area contributed by atoms with E-state index in [0.717, 1.165) is 22.3 Å². The van der Waals surface area contributed by atoms with Gasteiger partial charge in [0.15, 0.2) is 6.61 Å². The lowest BCUT2D eigenvalue weighted by atomic mass is 10.2. The number of likely N-dealkylation sites (N-methyl/N-ethyl adjacent to an activating group) is 1. The highest BCUT2D eigenvalue weighted by molar-refractivity contribution is 7.09. The maximum absolute atomic E-state index is 11.6. The Balaban J connectivity index is 1.90. The van der Waals surface area contributed by atoms with E-state index >= 15 is 0 Å². The number of aryl methyl sites for hydroxylation is 1. The van der Waals surface area contributed by atoms with Crippen molar-refractivity contribution in [2.75, 3.05) is 23.9 Å².